The number of nitrogens with zero attached hydrogens (tertiary/aromatic N) is 3. The Bertz CT molecular complexity index is 716. The number of nitro groups is 1. The molecule has 1 aromatic carbocycles. The Hall–Kier alpha value is -2.59. The van der Waals surface area contributed by atoms with Gasteiger partial charge in [-0.1, -0.05) is 0 Å². The first-order valence-electron chi connectivity index (χ1n) is 6.44. The number of hydrogen-bond acceptors (Lipinski definition) is 8. The van der Waals surface area contributed by atoms with Gasteiger partial charge in [-0.15, -0.1) is 0 Å². The van der Waals surface area contributed by atoms with Gasteiger partial charge in [0.1, 0.15) is 6.04 Å². The summed E-state index contributed by atoms with van der Waals surface area (Å²) in [5, 5.41) is 20.9. The molecule has 9 nitrogen and oxygen atoms in total. The molecule has 0 fully saturated rings. The van der Waals surface area contributed by atoms with Crippen molar-refractivity contribution in [3.05, 3.63) is 46.3 Å². The third kappa shape index (κ3) is 3.99. The molecule has 0 aliphatic rings. The van der Waals surface area contributed by atoms with Crippen LogP contribution in [0.25, 0.3) is 0 Å². The van der Waals surface area contributed by atoms with Crippen LogP contribution in [0.15, 0.2) is 40.5 Å². The zero-order chi connectivity index (χ0) is 17.0. The highest BCUT2D eigenvalue weighted by Gasteiger charge is 2.19. The van der Waals surface area contributed by atoms with Crippen LogP contribution in [0.4, 0.5) is 5.69 Å². The predicted molar refractivity (Wildman–Crippen MR) is 80.3 cm³/mol. The molecule has 1 atom stereocenters. The monoisotopic (exact) mass is 338 g/mol. The Morgan fingerprint density at radius 2 is 2.17 bits per heavy atom. The molecule has 1 heterocycles. The van der Waals surface area contributed by atoms with Crippen LogP contribution in [0.1, 0.15) is 5.69 Å². The molecular formula is C13H14N4O5S. The predicted octanol–water partition coefficient (Wildman–Crippen LogP) is 1.22. The smallest absolute Gasteiger partial charge is 0.323 e. The largest absolute Gasteiger partial charge is 0.468 e. The lowest BCUT2D eigenvalue weighted by atomic mass is 10.2. The number of aromatic nitrogens is 2. The third-order valence-corrected chi connectivity index (χ3v) is 3.94. The number of methoxy groups -OCH3 is 1. The Morgan fingerprint density at radius 3 is 2.74 bits per heavy atom. The van der Waals surface area contributed by atoms with Crippen molar-refractivity contribution in [2.24, 2.45) is 5.73 Å². The van der Waals surface area contributed by atoms with Gasteiger partial charge in [0.2, 0.25) is 5.16 Å². The summed E-state index contributed by atoms with van der Waals surface area (Å²) in [6.07, 6.45) is 1.47. The van der Waals surface area contributed by atoms with Crippen LogP contribution in [0.2, 0.25) is 0 Å². The molecule has 2 rings (SSSR count). The van der Waals surface area contributed by atoms with Crippen molar-refractivity contribution in [1.82, 2.24) is 9.71 Å². The lowest BCUT2D eigenvalue weighted by Crippen LogP contribution is -2.34. The molecule has 0 aliphatic carbocycles. The second-order valence-electron chi connectivity index (χ2n) is 4.53. The molecule has 0 radical (unpaired) electrons. The number of benzene rings is 1. The lowest BCUT2D eigenvalue weighted by molar-refractivity contribution is -0.384. The number of ether oxygens (including phenoxy) is 1. The highest BCUT2D eigenvalue weighted by atomic mass is 32.2. The maximum atomic E-state index is 11.3. The highest BCUT2D eigenvalue weighted by Crippen LogP contribution is 2.28. The number of non-ortho nitro benzene ring substituents is 1. The number of nitro benzene ring substituents is 1. The van der Waals surface area contributed by atoms with Crippen molar-refractivity contribution in [3.8, 4) is 0 Å². The van der Waals surface area contributed by atoms with Crippen molar-refractivity contribution in [1.29, 1.82) is 0 Å². The third-order valence-electron chi connectivity index (χ3n) is 2.97. The quantitative estimate of drug-likeness (QED) is 0.347. The maximum Gasteiger partial charge on any atom is 0.323 e. The number of esters is 1. The van der Waals surface area contributed by atoms with Crippen LogP contribution in [0.3, 0.4) is 0 Å². The van der Waals surface area contributed by atoms with Crippen molar-refractivity contribution in [2.45, 2.75) is 22.5 Å². The highest BCUT2D eigenvalue weighted by molar-refractivity contribution is 7.99. The molecule has 10 heteroatoms. The van der Waals surface area contributed by atoms with Gasteiger partial charge in [-0.25, -0.2) is 4.98 Å². The van der Waals surface area contributed by atoms with Gasteiger partial charge < -0.3 is 15.7 Å². The number of rotatable bonds is 6. The standard InChI is InChI=1S/C13H14N4O5S/c1-22-12(18)11(14)6-9-7-15-13(16(9)19)23-10-4-2-8(3-5-10)17(20)21/h2-5,7,11,19H,6,14H2,1H3/t11-/m0/s1. The second kappa shape index (κ2) is 7.11. The van der Waals surface area contributed by atoms with Crippen LogP contribution in [0.5, 0.6) is 0 Å². The number of nitrogens with two attached hydrogens (primary N) is 1. The van der Waals surface area contributed by atoms with Crippen molar-refractivity contribution < 1.29 is 19.7 Å². The minimum absolute atomic E-state index is 0.0218. The van der Waals surface area contributed by atoms with E-state index in [1.165, 1.54) is 25.4 Å². The van der Waals surface area contributed by atoms with E-state index in [9.17, 15) is 20.1 Å². The fourth-order valence-corrected chi connectivity index (χ4v) is 2.56. The van der Waals surface area contributed by atoms with Crippen LogP contribution >= 0.6 is 11.8 Å². The molecule has 2 aromatic rings. The molecule has 3 N–H and O–H groups in total. The minimum Gasteiger partial charge on any atom is -0.468 e. The second-order valence-corrected chi connectivity index (χ2v) is 5.57. The topological polar surface area (TPSA) is 134 Å². The van der Waals surface area contributed by atoms with Gasteiger partial charge in [0, 0.05) is 23.4 Å². The van der Waals surface area contributed by atoms with Crippen LogP contribution in [-0.4, -0.2) is 39.0 Å². The molecule has 23 heavy (non-hydrogen) atoms. The summed E-state index contributed by atoms with van der Waals surface area (Å²) < 4.78 is 5.35. The summed E-state index contributed by atoms with van der Waals surface area (Å²) in [6.45, 7) is 0. The summed E-state index contributed by atoms with van der Waals surface area (Å²) >= 11 is 1.12. The lowest BCUT2D eigenvalue weighted by Gasteiger charge is -2.09. The number of imidazole rings is 1. The average Bonchev–Trinajstić information content (AvgIpc) is 2.87. The first-order valence-corrected chi connectivity index (χ1v) is 7.25. The molecule has 0 saturated carbocycles. The molecular weight excluding hydrogens is 324 g/mol. The van der Waals surface area contributed by atoms with Crippen molar-refractivity contribution >= 4 is 23.4 Å². The number of carbonyl (C=O) groups excluding carboxylic acids is 1. The molecule has 0 spiro atoms. The summed E-state index contributed by atoms with van der Waals surface area (Å²) in [4.78, 5) is 26.1. The van der Waals surface area contributed by atoms with Gasteiger partial charge in [-0.05, 0) is 23.9 Å². The molecule has 1 aromatic heterocycles. The fraction of sp³-hybridized carbons (Fsp3) is 0.231. The van der Waals surface area contributed by atoms with E-state index in [0.29, 0.717) is 10.6 Å². The van der Waals surface area contributed by atoms with E-state index in [2.05, 4.69) is 9.72 Å². The van der Waals surface area contributed by atoms with Crippen molar-refractivity contribution in [2.75, 3.05) is 7.11 Å². The van der Waals surface area contributed by atoms with Crippen LogP contribution in [0, 0.1) is 10.1 Å². The van der Waals surface area contributed by atoms with Gasteiger partial charge >= 0.3 is 5.97 Å². The Morgan fingerprint density at radius 1 is 1.52 bits per heavy atom. The number of carbonyl (C=O) groups is 1. The van der Waals surface area contributed by atoms with E-state index in [1.807, 2.05) is 0 Å². The zero-order valence-corrected chi connectivity index (χ0v) is 12.9. The van der Waals surface area contributed by atoms with Crippen LogP contribution < -0.4 is 5.73 Å². The van der Waals surface area contributed by atoms with Crippen molar-refractivity contribution in [3.63, 3.8) is 0 Å². The van der Waals surface area contributed by atoms with E-state index >= 15 is 0 Å². The van der Waals surface area contributed by atoms with Gasteiger partial charge in [-0.2, -0.15) is 4.73 Å². The molecule has 0 unspecified atom stereocenters. The maximum absolute atomic E-state index is 11.3. The summed E-state index contributed by atoms with van der Waals surface area (Å²) in [6, 6.07) is 4.93. The van der Waals surface area contributed by atoms with Crippen LogP contribution in [-0.2, 0) is 16.0 Å². The van der Waals surface area contributed by atoms with Gasteiger partial charge in [-0.3, -0.25) is 14.9 Å². The van der Waals surface area contributed by atoms with Gasteiger partial charge in [0.05, 0.1) is 23.9 Å². The van der Waals surface area contributed by atoms with E-state index in [-0.39, 0.29) is 17.3 Å². The Labute approximate surface area is 135 Å². The van der Waals surface area contributed by atoms with E-state index in [1.54, 1.807) is 12.1 Å². The first kappa shape index (κ1) is 16.8. The Balaban J connectivity index is 2.10. The molecule has 0 amide bonds. The number of hydrogen-bond donors (Lipinski definition) is 2. The van der Waals surface area contributed by atoms with E-state index < -0.39 is 16.9 Å². The summed E-state index contributed by atoms with van der Waals surface area (Å²) in [7, 11) is 1.23. The molecule has 0 saturated heterocycles. The molecule has 122 valence electrons. The Kier molecular flexibility index (Phi) is 5.19. The normalized spacial score (nSPS) is 11.9. The average molecular weight is 338 g/mol. The SMILES string of the molecule is COC(=O)[C@@H](N)Cc1cnc(Sc2ccc([N+](=O)[O-])cc2)n1O. The summed E-state index contributed by atoms with van der Waals surface area (Å²) in [5.41, 5.74) is 5.97. The first-order chi connectivity index (χ1) is 10.9. The zero-order valence-electron chi connectivity index (χ0n) is 12.1. The fourth-order valence-electron chi connectivity index (χ4n) is 1.77. The summed E-state index contributed by atoms with van der Waals surface area (Å²) in [5.74, 6) is -0.587. The van der Waals surface area contributed by atoms with Gasteiger partial charge in [0.25, 0.3) is 5.69 Å². The van der Waals surface area contributed by atoms with E-state index in [0.717, 1.165) is 16.5 Å². The van der Waals surface area contributed by atoms with E-state index in [4.69, 9.17) is 5.73 Å². The minimum atomic E-state index is -0.903. The van der Waals surface area contributed by atoms with Gasteiger partial charge in [0.15, 0.2) is 0 Å². The molecule has 0 bridgehead atoms. The molecule has 0 aliphatic heterocycles.